The van der Waals surface area contributed by atoms with Crippen LogP contribution in [0.4, 0.5) is 10.7 Å². The number of ether oxygens (including phenoxy) is 2. The van der Waals surface area contributed by atoms with Crippen molar-refractivity contribution in [2.75, 3.05) is 25.1 Å². The SMILES string of the molecule is CCOc1ccnc(NCCOC(N)=O)n1. The normalized spacial score (nSPS) is 9.56. The number of hydrogen-bond donors (Lipinski definition) is 2. The van der Waals surface area contributed by atoms with E-state index in [0.29, 0.717) is 25.0 Å². The second-order valence-electron chi connectivity index (χ2n) is 2.75. The fraction of sp³-hybridized carbons (Fsp3) is 0.444. The van der Waals surface area contributed by atoms with Gasteiger partial charge in [0.2, 0.25) is 11.8 Å². The number of amides is 1. The quantitative estimate of drug-likeness (QED) is 0.680. The third-order valence-corrected chi connectivity index (χ3v) is 1.55. The van der Waals surface area contributed by atoms with E-state index in [4.69, 9.17) is 10.5 Å². The number of aromatic nitrogens is 2. The molecular formula is C9H14N4O3. The van der Waals surface area contributed by atoms with Crippen molar-refractivity contribution in [3.8, 4) is 5.88 Å². The number of nitrogens with zero attached hydrogens (tertiary/aromatic N) is 2. The Bertz CT molecular complexity index is 345. The summed E-state index contributed by atoms with van der Waals surface area (Å²) in [5, 5.41) is 2.86. The molecule has 0 spiro atoms. The van der Waals surface area contributed by atoms with Crippen molar-refractivity contribution in [1.29, 1.82) is 0 Å². The summed E-state index contributed by atoms with van der Waals surface area (Å²) < 4.78 is 9.73. The zero-order valence-electron chi connectivity index (χ0n) is 8.97. The molecule has 0 unspecified atom stereocenters. The van der Waals surface area contributed by atoms with Gasteiger partial charge in [-0.2, -0.15) is 4.98 Å². The number of anilines is 1. The molecule has 0 aliphatic heterocycles. The smallest absolute Gasteiger partial charge is 0.404 e. The molecule has 1 aromatic heterocycles. The van der Waals surface area contributed by atoms with Gasteiger partial charge >= 0.3 is 6.09 Å². The number of nitrogens with two attached hydrogens (primary N) is 1. The molecule has 0 aromatic carbocycles. The van der Waals surface area contributed by atoms with Crippen LogP contribution < -0.4 is 15.8 Å². The van der Waals surface area contributed by atoms with Crippen LogP contribution in [0.2, 0.25) is 0 Å². The van der Waals surface area contributed by atoms with Crippen molar-refractivity contribution in [2.24, 2.45) is 5.73 Å². The van der Waals surface area contributed by atoms with E-state index < -0.39 is 6.09 Å². The maximum Gasteiger partial charge on any atom is 0.404 e. The number of rotatable bonds is 6. The van der Waals surface area contributed by atoms with Crippen LogP contribution in [0, 0.1) is 0 Å². The van der Waals surface area contributed by atoms with Crippen LogP contribution in [0.15, 0.2) is 12.3 Å². The summed E-state index contributed by atoms with van der Waals surface area (Å²) in [5.41, 5.74) is 4.80. The van der Waals surface area contributed by atoms with Crippen molar-refractivity contribution >= 4 is 12.0 Å². The van der Waals surface area contributed by atoms with Gasteiger partial charge in [0.25, 0.3) is 0 Å². The maximum atomic E-state index is 10.3. The molecule has 0 aliphatic rings. The Morgan fingerprint density at radius 1 is 1.62 bits per heavy atom. The average molecular weight is 226 g/mol. The minimum absolute atomic E-state index is 0.164. The first-order valence-corrected chi connectivity index (χ1v) is 4.84. The van der Waals surface area contributed by atoms with Gasteiger partial charge in [0, 0.05) is 12.3 Å². The molecule has 0 saturated heterocycles. The molecule has 3 N–H and O–H groups in total. The van der Waals surface area contributed by atoms with Gasteiger partial charge in [-0.3, -0.25) is 0 Å². The minimum Gasteiger partial charge on any atom is -0.478 e. The molecule has 7 heteroatoms. The van der Waals surface area contributed by atoms with Crippen LogP contribution in [-0.4, -0.2) is 35.8 Å². The zero-order chi connectivity index (χ0) is 11.8. The van der Waals surface area contributed by atoms with Gasteiger partial charge in [-0.05, 0) is 6.92 Å². The van der Waals surface area contributed by atoms with E-state index in [1.54, 1.807) is 12.3 Å². The molecule has 0 radical (unpaired) electrons. The van der Waals surface area contributed by atoms with E-state index in [-0.39, 0.29) is 6.61 Å². The first-order chi connectivity index (χ1) is 7.72. The van der Waals surface area contributed by atoms with Gasteiger partial charge in [-0.1, -0.05) is 0 Å². The van der Waals surface area contributed by atoms with Crippen LogP contribution >= 0.6 is 0 Å². The second kappa shape index (κ2) is 6.44. The van der Waals surface area contributed by atoms with Gasteiger partial charge in [0.05, 0.1) is 13.2 Å². The fourth-order valence-electron chi connectivity index (χ4n) is 0.970. The topological polar surface area (TPSA) is 99.4 Å². The van der Waals surface area contributed by atoms with E-state index in [9.17, 15) is 4.79 Å². The van der Waals surface area contributed by atoms with Crippen LogP contribution in [0.5, 0.6) is 5.88 Å². The van der Waals surface area contributed by atoms with E-state index in [0.717, 1.165) is 0 Å². The summed E-state index contributed by atoms with van der Waals surface area (Å²) in [6.45, 7) is 2.97. The summed E-state index contributed by atoms with van der Waals surface area (Å²) in [6.07, 6.45) is 0.778. The van der Waals surface area contributed by atoms with Gasteiger partial charge in [-0.15, -0.1) is 0 Å². The maximum absolute atomic E-state index is 10.3. The number of carbonyl (C=O) groups excluding carboxylic acids is 1. The summed E-state index contributed by atoms with van der Waals surface area (Å²) in [7, 11) is 0. The predicted octanol–water partition coefficient (Wildman–Crippen LogP) is 0.382. The standard InChI is InChI=1S/C9H14N4O3/c1-2-15-7-3-4-11-9(13-7)12-5-6-16-8(10)14/h3-4H,2,5-6H2,1H3,(H2,10,14)(H,11,12,13). The number of nitrogens with one attached hydrogen (secondary N) is 1. The lowest BCUT2D eigenvalue weighted by atomic mass is 10.6. The molecule has 0 saturated carbocycles. The van der Waals surface area contributed by atoms with Gasteiger partial charge < -0.3 is 20.5 Å². The first kappa shape index (κ1) is 12.0. The molecule has 1 amide bonds. The highest BCUT2D eigenvalue weighted by Crippen LogP contribution is 2.07. The fourth-order valence-corrected chi connectivity index (χ4v) is 0.970. The predicted molar refractivity (Wildman–Crippen MR) is 57.2 cm³/mol. The van der Waals surface area contributed by atoms with E-state index in [1.165, 1.54) is 0 Å². The molecule has 0 atom stereocenters. The molecular weight excluding hydrogens is 212 g/mol. The summed E-state index contributed by atoms with van der Waals surface area (Å²) in [5.74, 6) is 0.912. The highest BCUT2D eigenvalue weighted by Gasteiger charge is 1.99. The Hall–Kier alpha value is -2.05. The molecule has 88 valence electrons. The lowest BCUT2D eigenvalue weighted by Crippen LogP contribution is -2.19. The van der Waals surface area contributed by atoms with Crippen LogP contribution in [0.25, 0.3) is 0 Å². The minimum atomic E-state index is -0.800. The molecule has 1 rings (SSSR count). The summed E-state index contributed by atoms with van der Waals surface area (Å²) >= 11 is 0. The van der Waals surface area contributed by atoms with Crippen LogP contribution in [0.1, 0.15) is 6.92 Å². The van der Waals surface area contributed by atoms with Crippen molar-refractivity contribution in [3.63, 3.8) is 0 Å². The molecule has 7 nitrogen and oxygen atoms in total. The largest absolute Gasteiger partial charge is 0.478 e. The average Bonchev–Trinajstić information content (AvgIpc) is 2.25. The molecule has 0 bridgehead atoms. The number of carbonyl (C=O) groups is 1. The third kappa shape index (κ3) is 4.45. The Morgan fingerprint density at radius 2 is 2.44 bits per heavy atom. The zero-order valence-corrected chi connectivity index (χ0v) is 8.97. The van der Waals surface area contributed by atoms with Crippen LogP contribution in [0.3, 0.4) is 0 Å². The van der Waals surface area contributed by atoms with Crippen molar-refractivity contribution in [1.82, 2.24) is 9.97 Å². The first-order valence-electron chi connectivity index (χ1n) is 4.84. The van der Waals surface area contributed by atoms with Gasteiger partial charge in [0.15, 0.2) is 0 Å². The van der Waals surface area contributed by atoms with Gasteiger partial charge in [0.1, 0.15) is 6.61 Å². The molecule has 0 aliphatic carbocycles. The van der Waals surface area contributed by atoms with E-state index in [2.05, 4.69) is 20.0 Å². The van der Waals surface area contributed by atoms with E-state index in [1.807, 2.05) is 6.92 Å². The molecule has 1 aromatic rings. The number of primary amides is 1. The monoisotopic (exact) mass is 226 g/mol. The van der Waals surface area contributed by atoms with E-state index >= 15 is 0 Å². The Kier molecular flexibility index (Phi) is 4.84. The lowest BCUT2D eigenvalue weighted by molar-refractivity contribution is 0.161. The highest BCUT2D eigenvalue weighted by atomic mass is 16.5. The van der Waals surface area contributed by atoms with Crippen molar-refractivity contribution in [3.05, 3.63) is 12.3 Å². The van der Waals surface area contributed by atoms with Crippen LogP contribution in [-0.2, 0) is 4.74 Å². The Labute approximate surface area is 93.0 Å². The van der Waals surface area contributed by atoms with Crippen molar-refractivity contribution in [2.45, 2.75) is 6.92 Å². The summed E-state index contributed by atoms with van der Waals surface area (Å²) in [6, 6.07) is 1.66. The molecule has 0 fully saturated rings. The third-order valence-electron chi connectivity index (χ3n) is 1.55. The Morgan fingerprint density at radius 3 is 3.12 bits per heavy atom. The molecule has 16 heavy (non-hydrogen) atoms. The lowest BCUT2D eigenvalue weighted by Gasteiger charge is -2.06. The Balaban J connectivity index is 2.35. The van der Waals surface area contributed by atoms with Crippen molar-refractivity contribution < 1.29 is 14.3 Å². The van der Waals surface area contributed by atoms with Gasteiger partial charge in [-0.25, -0.2) is 9.78 Å². The molecule has 1 heterocycles. The highest BCUT2D eigenvalue weighted by molar-refractivity contribution is 5.64. The number of hydrogen-bond acceptors (Lipinski definition) is 6. The second-order valence-corrected chi connectivity index (χ2v) is 2.75. The summed E-state index contributed by atoms with van der Waals surface area (Å²) in [4.78, 5) is 18.3.